The van der Waals surface area contributed by atoms with Crippen LogP contribution in [-0.4, -0.2) is 12.7 Å². The van der Waals surface area contributed by atoms with Crippen molar-refractivity contribution in [2.75, 3.05) is 6.61 Å². The van der Waals surface area contributed by atoms with E-state index in [1.54, 1.807) is 12.1 Å². The zero-order valence-corrected chi connectivity index (χ0v) is 18.3. The van der Waals surface area contributed by atoms with Crippen molar-refractivity contribution in [2.45, 2.75) is 77.2 Å². The minimum Gasteiger partial charge on any atom is -0.378 e. The SMILES string of the molecule is C/C=C/CCc1ccc(-c2ccc(C3CCC(OCCCC)CC3)c(F)c2)c(F)c1. The molecule has 0 aromatic heterocycles. The van der Waals surface area contributed by atoms with Crippen molar-refractivity contribution in [3.63, 3.8) is 0 Å². The molecule has 1 saturated carbocycles. The molecule has 1 aliphatic rings. The standard InChI is InChI=1S/C27H34F2O/c1-3-5-7-8-20-9-15-25(26(28)18-20)22-12-16-24(27(29)19-22)21-10-13-23(14-11-21)30-17-6-4-2/h3,5,9,12,15-16,18-19,21,23H,4,6-8,10-11,13-14,17H2,1-2H3/b5-3+. The molecule has 30 heavy (non-hydrogen) atoms. The van der Waals surface area contributed by atoms with Crippen molar-refractivity contribution in [1.29, 1.82) is 0 Å². The summed E-state index contributed by atoms with van der Waals surface area (Å²) in [6.07, 6.45) is 12.2. The zero-order valence-electron chi connectivity index (χ0n) is 18.3. The van der Waals surface area contributed by atoms with Gasteiger partial charge in [-0.25, -0.2) is 8.78 Å². The lowest BCUT2D eigenvalue weighted by molar-refractivity contribution is 0.0230. The Morgan fingerprint density at radius 3 is 2.47 bits per heavy atom. The van der Waals surface area contributed by atoms with Crippen LogP contribution >= 0.6 is 0 Å². The van der Waals surface area contributed by atoms with Crippen molar-refractivity contribution in [3.8, 4) is 11.1 Å². The molecule has 0 atom stereocenters. The fraction of sp³-hybridized carbons (Fsp3) is 0.481. The zero-order chi connectivity index (χ0) is 21.3. The van der Waals surface area contributed by atoms with E-state index in [1.807, 2.05) is 31.2 Å². The predicted octanol–water partition coefficient (Wildman–Crippen LogP) is 7.98. The van der Waals surface area contributed by atoms with Gasteiger partial charge in [0.2, 0.25) is 0 Å². The number of halogens is 2. The fourth-order valence-corrected chi connectivity index (χ4v) is 4.33. The Kier molecular flexibility index (Phi) is 8.62. The molecule has 0 unspecified atom stereocenters. The maximum absolute atomic E-state index is 14.9. The molecule has 0 spiro atoms. The molecule has 1 aliphatic carbocycles. The Morgan fingerprint density at radius 2 is 1.80 bits per heavy atom. The highest BCUT2D eigenvalue weighted by Crippen LogP contribution is 2.37. The van der Waals surface area contributed by atoms with Gasteiger partial charge in [-0.1, -0.05) is 49.8 Å². The van der Waals surface area contributed by atoms with Gasteiger partial charge in [0.25, 0.3) is 0 Å². The summed E-state index contributed by atoms with van der Waals surface area (Å²) in [7, 11) is 0. The molecular weight excluding hydrogens is 378 g/mol. The van der Waals surface area contributed by atoms with E-state index in [0.29, 0.717) is 17.2 Å². The first kappa shape index (κ1) is 22.7. The van der Waals surface area contributed by atoms with Gasteiger partial charge in [-0.05, 0) is 86.6 Å². The lowest BCUT2D eigenvalue weighted by Gasteiger charge is -2.29. The van der Waals surface area contributed by atoms with Crippen LogP contribution in [0, 0.1) is 11.6 Å². The van der Waals surface area contributed by atoms with Gasteiger partial charge in [0.15, 0.2) is 0 Å². The molecule has 3 heteroatoms. The third kappa shape index (κ3) is 6.01. The molecule has 0 radical (unpaired) electrons. The Hall–Kier alpha value is -2.00. The normalized spacial score (nSPS) is 19.5. The second kappa shape index (κ2) is 11.4. The number of ether oxygens (including phenoxy) is 1. The van der Waals surface area contributed by atoms with Crippen molar-refractivity contribution in [1.82, 2.24) is 0 Å². The van der Waals surface area contributed by atoms with Crippen molar-refractivity contribution in [2.24, 2.45) is 0 Å². The number of aryl methyl sites for hydroxylation is 1. The van der Waals surface area contributed by atoms with E-state index in [0.717, 1.165) is 69.1 Å². The molecule has 1 nitrogen and oxygen atoms in total. The van der Waals surface area contributed by atoms with Gasteiger partial charge < -0.3 is 4.74 Å². The highest BCUT2D eigenvalue weighted by Gasteiger charge is 2.25. The monoisotopic (exact) mass is 412 g/mol. The van der Waals surface area contributed by atoms with Crippen molar-refractivity contribution in [3.05, 3.63) is 71.3 Å². The minimum atomic E-state index is -0.287. The molecule has 1 fully saturated rings. The number of allylic oxidation sites excluding steroid dienone is 2. The van der Waals surface area contributed by atoms with Crippen LogP contribution in [0.5, 0.6) is 0 Å². The number of benzene rings is 2. The van der Waals surface area contributed by atoms with E-state index in [9.17, 15) is 8.78 Å². The molecule has 0 N–H and O–H groups in total. The van der Waals surface area contributed by atoms with Crippen LogP contribution in [0.3, 0.4) is 0 Å². The van der Waals surface area contributed by atoms with Gasteiger partial charge in [-0.15, -0.1) is 0 Å². The van der Waals surface area contributed by atoms with Crippen LogP contribution in [0.15, 0.2) is 48.6 Å². The second-order valence-corrected chi connectivity index (χ2v) is 8.36. The molecule has 2 aromatic carbocycles. The van der Waals surface area contributed by atoms with Gasteiger partial charge >= 0.3 is 0 Å². The Bertz CT molecular complexity index is 835. The van der Waals surface area contributed by atoms with Crippen LogP contribution in [0.1, 0.15) is 75.8 Å². The van der Waals surface area contributed by atoms with Gasteiger partial charge in [-0.2, -0.15) is 0 Å². The van der Waals surface area contributed by atoms with Crippen molar-refractivity contribution < 1.29 is 13.5 Å². The number of hydrogen-bond acceptors (Lipinski definition) is 1. The number of unbranched alkanes of at least 4 members (excludes halogenated alkanes) is 1. The summed E-state index contributed by atoms with van der Waals surface area (Å²) in [5.41, 5.74) is 2.78. The quantitative estimate of drug-likeness (QED) is 0.300. The minimum absolute atomic E-state index is 0.223. The molecule has 2 aromatic rings. The molecule has 0 bridgehead atoms. The molecule has 3 rings (SSSR count). The maximum atomic E-state index is 14.9. The van der Waals surface area contributed by atoms with Gasteiger partial charge in [0, 0.05) is 12.2 Å². The topological polar surface area (TPSA) is 9.23 Å². The van der Waals surface area contributed by atoms with E-state index < -0.39 is 0 Å². The summed E-state index contributed by atoms with van der Waals surface area (Å²) < 4.78 is 35.5. The molecular formula is C27H34F2O. The van der Waals surface area contributed by atoms with E-state index in [4.69, 9.17) is 4.74 Å². The van der Waals surface area contributed by atoms with Crippen LogP contribution in [0.2, 0.25) is 0 Å². The van der Waals surface area contributed by atoms with Crippen LogP contribution in [0.25, 0.3) is 11.1 Å². The van der Waals surface area contributed by atoms with Gasteiger partial charge in [0.1, 0.15) is 11.6 Å². The van der Waals surface area contributed by atoms with E-state index in [1.165, 1.54) is 6.07 Å². The Balaban J connectivity index is 1.64. The molecule has 0 saturated heterocycles. The lowest BCUT2D eigenvalue weighted by atomic mass is 9.82. The lowest BCUT2D eigenvalue weighted by Crippen LogP contribution is -2.21. The van der Waals surface area contributed by atoms with Gasteiger partial charge in [-0.3, -0.25) is 0 Å². The average molecular weight is 413 g/mol. The summed E-state index contributed by atoms with van der Waals surface area (Å²) in [6, 6.07) is 10.5. The molecule has 162 valence electrons. The summed E-state index contributed by atoms with van der Waals surface area (Å²) in [4.78, 5) is 0. The smallest absolute Gasteiger partial charge is 0.131 e. The van der Waals surface area contributed by atoms with E-state index in [2.05, 4.69) is 13.0 Å². The molecule has 0 amide bonds. The van der Waals surface area contributed by atoms with Crippen LogP contribution in [0.4, 0.5) is 8.78 Å². The first-order chi connectivity index (χ1) is 14.6. The van der Waals surface area contributed by atoms with Crippen molar-refractivity contribution >= 4 is 0 Å². The van der Waals surface area contributed by atoms with E-state index >= 15 is 0 Å². The number of hydrogen-bond donors (Lipinski definition) is 0. The second-order valence-electron chi connectivity index (χ2n) is 8.36. The highest BCUT2D eigenvalue weighted by atomic mass is 19.1. The average Bonchev–Trinajstić information content (AvgIpc) is 2.75. The fourth-order valence-electron chi connectivity index (χ4n) is 4.33. The summed E-state index contributed by atoms with van der Waals surface area (Å²) in [5.74, 6) is -0.284. The molecule has 0 heterocycles. The van der Waals surface area contributed by atoms with Crippen LogP contribution < -0.4 is 0 Å². The first-order valence-corrected chi connectivity index (χ1v) is 11.4. The number of rotatable bonds is 9. The summed E-state index contributed by atoms with van der Waals surface area (Å²) in [5, 5.41) is 0. The Morgan fingerprint density at radius 1 is 1.00 bits per heavy atom. The predicted molar refractivity (Wildman–Crippen MR) is 121 cm³/mol. The van der Waals surface area contributed by atoms with E-state index in [-0.39, 0.29) is 17.6 Å². The largest absolute Gasteiger partial charge is 0.378 e. The van der Waals surface area contributed by atoms with Crippen LogP contribution in [-0.2, 0) is 11.2 Å². The van der Waals surface area contributed by atoms with Gasteiger partial charge in [0.05, 0.1) is 6.10 Å². The third-order valence-corrected chi connectivity index (χ3v) is 6.15. The molecule has 0 aliphatic heterocycles. The first-order valence-electron chi connectivity index (χ1n) is 11.4. The third-order valence-electron chi connectivity index (χ3n) is 6.15. The summed E-state index contributed by atoms with van der Waals surface area (Å²) in [6.45, 7) is 4.97. The summed E-state index contributed by atoms with van der Waals surface area (Å²) >= 11 is 0. The highest BCUT2D eigenvalue weighted by molar-refractivity contribution is 5.65. The Labute approximate surface area is 180 Å². The maximum Gasteiger partial charge on any atom is 0.131 e.